The highest BCUT2D eigenvalue weighted by Gasteiger charge is 2.04. The van der Waals surface area contributed by atoms with Crippen molar-refractivity contribution in [1.29, 1.82) is 0 Å². The van der Waals surface area contributed by atoms with Crippen LogP contribution in [0.5, 0.6) is 0 Å². The SMILES string of the molecule is CC(N)Cc1ccc(Cl)cc1F. The molecule has 1 aromatic carbocycles. The molecular weight excluding hydrogens is 177 g/mol. The molecular formula is C9H11ClFN. The standard InChI is InChI=1S/C9H11ClFN/c1-6(12)4-7-2-3-8(10)5-9(7)11/h2-3,5-6H,4,12H2,1H3. The maximum Gasteiger partial charge on any atom is 0.127 e. The fourth-order valence-corrected chi connectivity index (χ4v) is 1.19. The van der Waals surface area contributed by atoms with Gasteiger partial charge in [0.25, 0.3) is 0 Å². The van der Waals surface area contributed by atoms with E-state index in [-0.39, 0.29) is 11.9 Å². The minimum atomic E-state index is -0.278. The van der Waals surface area contributed by atoms with Crippen LogP contribution in [0.25, 0.3) is 0 Å². The third-order valence-electron chi connectivity index (χ3n) is 1.56. The second-order valence-electron chi connectivity index (χ2n) is 2.92. The number of benzene rings is 1. The first kappa shape index (κ1) is 9.49. The van der Waals surface area contributed by atoms with Gasteiger partial charge >= 0.3 is 0 Å². The Hall–Kier alpha value is -0.600. The Morgan fingerprint density at radius 1 is 1.58 bits per heavy atom. The van der Waals surface area contributed by atoms with Crippen LogP contribution in [0.15, 0.2) is 18.2 Å². The zero-order valence-electron chi connectivity index (χ0n) is 6.85. The van der Waals surface area contributed by atoms with Gasteiger partial charge in [-0.25, -0.2) is 4.39 Å². The molecule has 1 aromatic rings. The summed E-state index contributed by atoms with van der Waals surface area (Å²) in [5.74, 6) is -0.278. The lowest BCUT2D eigenvalue weighted by atomic mass is 10.1. The predicted octanol–water partition coefficient (Wildman–Crippen LogP) is 2.37. The van der Waals surface area contributed by atoms with Crippen molar-refractivity contribution in [3.05, 3.63) is 34.6 Å². The van der Waals surface area contributed by atoms with Crippen LogP contribution < -0.4 is 5.73 Å². The van der Waals surface area contributed by atoms with E-state index >= 15 is 0 Å². The van der Waals surface area contributed by atoms with Crippen molar-refractivity contribution in [2.24, 2.45) is 5.73 Å². The van der Waals surface area contributed by atoms with Gasteiger partial charge in [0, 0.05) is 11.1 Å². The molecule has 0 saturated heterocycles. The molecule has 0 aromatic heterocycles. The third-order valence-corrected chi connectivity index (χ3v) is 1.79. The molecule has 0 heterocycles. The van der Waals surface area contributed by atoms with Crippen LogP contribution in [0.2, 0.25) is 5.02 Å². The first-order valence-electron chi connectivity index (χ1n) is 3.79. The number of rotatable bonds is 2. The van der Waals surface area contributed by atoms with Gasteiger partial charge in [-0.1, -0.05) is 17.7 Å². The molecule has 0 fully saturated rings. The van der Waals surface area contributed by atoms with E-state index in [9.17, 15) is 4.39 Å². The molecule has 0 aliphatic rings. The topological polar surface area (TPSA) is 26.0 Å². The highest BCUT2D eigenvalue weighted by molar-refractivity contribution is 6.30. The van der Waals surface area contributed by atoms with Crippen LogP contribution in [-0.4, -0.2) is 6.04 Å². The number of hydrogen-bond donors (Lipinski definition) is 1. The number of nitrogens with two attached hydrogens (primary N) is 1. The van der Waals surface area contributed by atoms with Gasteiger partial charge in [-0.15, -0.1) is 0 Å². The Kier molecular flexibility index (Phi) is 3.06. The van der Waals surface area contributed by atoms with Crippen molar-refractivity contribution in [3.63, 3.8) is 0 Å². The van der Waals surface area contributed by atoms with Gasteiger partial charge < -0.3 is 5.73 Å². The largest absolute Gasteiger partial charge is 0.328 e. The quantitative estimate of drug-likeness (QED) is 0.756. The molecule has 0 aliphatic heterocycles. The Balaban J connectivity index is 2.86. The summed E-state index contributed by atoms with van der Waals surface area (Å²) in [6.45, 7) is 1.84. The van der Waals surface area contributed by atoms with E-state index < -0.39 is 0 Å². The molecule has 0 aliphatic carbocycles. The Labute approximate surface area is 76.3 Å². The third kappa shape index (κ3) is 2.47. The molecule has 3 heteroatoms. The van der Waals surface area contributed by atoms with Crippen LogP contribution in [0.3, 0.4) is 0 Å². The normalized spacial score (nSPS) is 13.0. The molecule has 0 bridgehead atoms. The van der Waals surface area contributed by atoms with Crippen LogP contribution in [0.1, 0.15) is 12.5 Å². The van der Waals surface area contributed by atoms with E-state index in [1.54, 1.807) is 12.1 Å². The Morgan fingerprint density at radius 3 is 2.75 bits per heavy atom. The predicted molar refractivity (Wildman–Crippen MR) is 48.8 cm³/mol. The smallest absolute Gasteiger partial charge is 0.127 e. The minimum Gasteiger partial charge on any atom is -0.328 e. The molecule has 1 rings (SSSR count). The van der Waals surface area contributed by atoms with Crippen molar-refractivity contribution < 1.29 is 4.39 Å². The zero-order valence-corrected chi connectivity index (χ0v) is 7.61. The maximum atomic E-state index is 13.1. The second-order valence-corrected chi connectivity index (χ2v) is 3.35. The summed E-state index contributed by atoms with van der Waals surface area (Å²) in [4.78, 5) is 0. The molecule has 1 atom stereocenters. The summed E-state index contributed by atoms with van der Waals surface area (Å²) in [5, 5.41) is 0.418. The van der Waals surface area contributed by atoms with E-state index in [2.05, 4.69) is 0 Å². The highest BCUT2D eigenvalue weighted by Crippen LogP contribution is 2.15. The van der Waals surface area contributed by atoms with E-state index in [4.69, 9.17) is 17.3 Å². The summed E-state index contributed by atoms with van der Waals surface area (Å²) in [6, 6.07) is 4.61. The number of halogens is 2. The molecule has 66 valence electrons. The van der Waals surface area contributed by atoms with E-state index in [1.807, 2.05) is 6.92 Å². The van der Waals surface area contributed by atoms with Crippen LogP contribution in [-0.2, 0) is 6.42 Å². The minimum absolute atomic E-state index is 0.0272. The van der Waals surface area contributed by atoms with E-state index in [0.717, 1.165) is 0 Å². The first-order chi connectivity index (χ1) is 5.59. The van der Waals surface area contributed by atoms with Gasteiger partial charge in [0.15, 0.2) is 0 Å². The van der Waals surface area contributed by atoms with Gasteiger partial charge in [0.1, 0.15) is 5.82 Å². The van der Waals surface area contributed by atoms with Gasteiger partial charge in [-0.05, 0) is 31.0 Å². The van der Waals surface area contributed by atoms with Crippen molar-refractivity contribution in [1.82, 2.24) is 0 Å². The molecule has 2 N–H and O–H groups in total. The van der Waals surface area contributed by atoms with E-state index in [1.165, 1.54) is 6.07 Å². The van der Waals surface area contributed by atoms with Crippen LogP contribution in [0.4, 0.5) is 4.39 Å². The van der Waals surface area contributed by atoms with Crippen molar-refractivity contribution >= 4 is 11.6 Å². The summed E-state index contributed by atoms with van der Waals surface area (Å²) in [5.41, 5.74) is 6.15. The summed E-state index contributed by atoms with van der Waals surface area (Å²) < 4.78 is 13.1. The fraction of sp³-hybridized carbons (Fsp3) is 0.333. The average molecular weight is 188 g/mol. The van der Waals surface area contributed by atoms with Gasteiger partial charge in [-0.3, -0.25) is 0 Å². The van der Waals surface area contributed by atoms with Gasteiger partial charge in [0.2, 0.25) is 0 Å². The van der Waals surface area contributed by atoms with Crippen molar-refractivity contribution in [2.45, 2.75) is 19.4 Å². The lowest BCUT2D eigenvalue weighted by Crippen LogP contribution is -2.18. The maximum absolute atomic E-state index is 13.1. The van der Waals surface area contributed by atoms with Gasteiger partial charge in [-0.2, -0.15) is 0 Å². The lowest BCUT2D eigenvalue weighted by molar-refractivity contribution is 0.596. The molecule has 0 saturated carbocycles. The summed E-state index contributed by atoms with van der Waals surface area (Å²) in [6.07, 6.45) is 0.545. The molecule has 0 radical (unpaired) electrons. The van der Waals surface area contributed by atoms with Gasteiger partial charge in [0.05, 0.1) is 0 Å². The summed E-state index contributed by atoms with van der Waals surface area (Å²) in [7, 11) is 0. The van der Waals surface area contributed by atoms with Crippen molar-refractivity contribution in [3.8, 4) is 0 Å². The second kappa shape index (κ2) is 3.87. The molecule has 1 nitrogen and oxygen atoms in total. The average Bonchev–Trinajstić information content (AvgIpc) is 1.94. The molecule has 0 spiro atoms. The molecule has 1 unspecified atom stereocenters. The van der Waals surface area contributed by atoms with Crippen LogP contribution in [0, 0.1) is 5.82 Å². The zero-order chi connectivity index (χ0) is 9.14. The molecule has 12 heavy (non-hydrogen) atoms. The first-order valence-corrected chi connectivity index (χ1v) is 4.17. The number of hydrogen-bond acceptors (Lipinski definition) is 1. The Bertz CT molecular complexity index is 273. The summed E-state index contributed by atoms with van der Waals surface area (Å²) >= 11 is 5.58. The Morgan fingerprint density at radius 2 is 2.25 bits per heavy atom. The highest BCUT2D eigenvalue weighted by atomic mass is 35.5. The monoisotopic (exact) mass is 187 g/mol. The van der Waals surface area contributed by atoms with E-state index in [0.29, 0.717) is 17.0 Å². The molecule has 0 amide bonds. The lowest BCUT2D eigenvalue weighted by Gasteiger charge is -2.05. The van der Waals surface area contributed by atoms with Crippen molar-refractivity contribution in [2.75, 3.05) is 0 Å². The fourth-order valence-electron chi connectivity index (χ4n) is 1.03. The van der Waals surface area contributed by atoms with Crippen LogP contribution >= 0.6 is 11.6 Å².